The number of aliphatic hydroxyl groups is 1. The number of hydrogen-bond donors (Lipinski definition) is 2. The summed E-state index contributed by atoms with van der Waals surface area (Å²) in [6, 6.07) is 1.86. The molecule has 1 heterocycles. The van der Waals surface area contributed by atoms with Crippen LogP contribution in [-0.2, 0) is 11.3 Å². The van der Waals surface area contributed by atoms with E-state index in [-0.39, 0.29) is 6.10 Å². The maximum absolute atomic E-state index is 9.72. The third-order valence-electron chi connectivity index (χ3n) is 2.54. The summed E-state index contributed by atoms with van der Waals surface area (Å²) in [6.07, 6.45) is 6.58. The Kier molecular flexibility index (Phi) is 7.62. The largest absolute Gasteiger partial charge is 0.390 e. The van der Waals surface area contributed by atoms with Gasteiger partial charge in [0.05, 0.1) is 12.6 Å². The van der Waals surface area contributed by atoms with Crippen molar-refractivity contribution in [3.63, 3.8) is 0 Å². The fourth-order valence-corrected chi connectivity index (χ4v) is 1.63. The average Bonchev–Trinajstić information content (AvgIpc) is 2.80. The molecule has 0 aliphatic rings. The fourth-order valence-electron chi connectivity index (χ4n) is 1.63. The lowest BCUT2D eigenvalue weighted by Crippen LogP contribution is -2.31. The summed E-state index contributed by atoms with van der Waals surface area (Å²) in [6.45, 7) is 2.94. The van der Waals surface area contributed by atoms with Gasteiger partial charge in [-0.3, -0.25) is 4.68 Å². The van der Waals surface area contributed by atoms with Crippen LogP contribution in [0.4, 0.5) is 0 Å². The van der Waals surface area contributed by atoms with Crippen molar-refractivity contribution in [3.8, 4) is 0 Å². The van der Waals surface area contributed by atoms with Gasteiger partial charge in [-0.1, -0.05) is 0 Å². The Balaban J connectivity index is 1.92. The van der Waals surface area contributed by atoms with Gasteiger partial charge in [-0.2, -0.15) is 5.10 Å². The van der Waals surface area contributed by atoms with Crippen LogP contribution in [0, 0.1) is 0 Å². The summed E-state index contributed by atoms with van der Waals surface area (Å²) < 4.78 is 6.72. The minimum atomic E-state index is -0.381. The number of aromatic nitrogens is 2. The van der Waals surface area contributed by atoms with Crippen molar-refractivity contribution in [2.24, 2.45) is 0 Å². The highest BCUT2D eigenvalue weighted by Crippen LogP contribution is 1.94. The smallest absolute Gasteiger partial charge is 0.0860 e. The molecule has 17 heavy (non-hydrogen) atoms. The van der Waals surface area contributed by atoms with E-state index in [4.69, 9.17) is 4.74 Å². The van der Waals surface area contributed by atoms with Crippen LogP contribution in [0.3, 0.4) is 0 Å². The first-order chi connectivity index (χ1) is 8.33. The molecule has 1 atom stereocenters. The van der Waals surface area contributed by atoms with Crippen LogP contribution >= 0.6 is 0 Å². The third-order valence-corrected chi connectivity index (χ3v) is 2.54. The van der Waals surface area contributed by atoms with Gasteiger partial charge in [0.1, 0.15) is 0 Å². The average molecular weight is 241 g/mol. The number of rotatable bonds is 10. The summed E-state index contributed by atoms with van der Waals surface area (Å²) in [5.41, 5.74) is 0. The molecule has 0 aliphatic carbocycles. The summed E-state index contributed by atoms with van der Waals surface area (Å²) in [7, 11) is 1.73. The molecule has 1 aromatic rings. The molecule has 0 aromatic carbocycles. The van der Waals surface area contributed by atoms with Crippen molar-refractivity contribution in [2.45, 2.75) is 31.9 Å². The molecule has 98 valence electrons. The van der Waals surface area contributed by atoms with Crippen molar-refractivity contribution in [3.05, 3.63) is 18.5 Å². The minimum Gasteiger partial charge on any atom is -0.390 e. The number of unbranched alkanes of at least 4 members (excludes halogenated alkanes) is 2. The Bertz CT molecular complexity index is 265. The Morgan fingerprint density at radius 1 is 1.41 bits per heavy atom. The molecule has 0 aliphatic heterocycles. The van der Waals surface area contributed by atoms with Crippen molar-refractivity contribution in [1.29, 1.82) is 0 Å². The Labute approximate surface area is 103 Å². The molecule has 0 radical (unpaired) electrons. The maximum Gasteiger partial charge on any atom is 0.0860 e. The highest BCUT2D eigenvalue weighted by Gasteiger charge is 2.04. The standard InChI is InChI=1S/C12H23N3O2/c1-17-9-4-2-3-6-13-10-12(16)11-15-8-5-7-14-15/h5,7-8,12-13,16H,2-4,6,9-11H2,1H3. The molecule has 1 aromatic heterocycles. The van der Waals surface area contributed by atoms with Crippen LogP contribution in [0.5, 0.6) is 0 Å². The van der Waals surface area contributed by atoms with Gasteiger partial charge in [-0.25, -0.2) is 0 Å². The number of ether oxygens (including phenoxy) is 1. The first-order valence-electron chi connectivity index (χ1n) is 6.18. The number of methoxy groups -OCH3 is 1. The molecule has 0 saturated carbocycles. The van der Waals surface area contributed by atoms with Gasteiger partial charge in [0.25, 0.3) is 0 Å². The van der Waals surface area contributed by atoms with E-state index in [1.54, 1.807) is 18.0 Å². The van der Waals surface area contributed by atoms with Gasteiger partial charge in [0.2, 0.25) is 0 Å². The minimum absolute atomic E-state index is 0.381. The molecule has 5 nitrogen and oxygen atoms in total. The molecule has 0 amide bonds. The second kappa shape index (κ2) is 9.15. The molecular formula is C12H23N3O2. The van der Waals surface area contributed by atoms with Crippen molar-refractivity contribution < 1.29 is 9.84 Å². The molecule has 0 bridgehead atoms. The summed E-state index contributed by atoms with van der Waals surface area (Å²) in [4.78, 5) is 0. The number of aliphatic hydroxyl groups excluding tert-OH is 1. The Hall–Kier alpha value is -0.910. The molecule has 0 spiro atoms. The van der Waals surface area contributed by atoms with Crippen LogP contribution in [0.2, 0.25) is 0 Å². The van der Waals surface area contributed by atoms with Crippen molar-refractivity contribution in [1.82, 2.24) is 15.1 Å². The lowest BCUT2D eigenvalue weighted by Gasteiger charge is -2.11. The number of nitrogens with one attached hydrogen (secondary N) is 1. The second-order valence-corrected chi connectivity index (χ2v) is 4.14. The summed E-state index contributed by atoms with van der Waals surface area (Å²) in [5, 5.41) is 17.0. The highest BCUT2D eigenvalue weighted by atomic mass is 16.5. The van der Waals surface area contributed by atoms with E-state index < -0.39 is 0 Å². The van der Waals surface area contributed by atoms with E-state index in [2.05, 4.69) is 10.4 Å². The lowest BCUT2D eigenvalue weighted by molar-refractivity contribution is 0.146. The van der Waals surface area contributed by atoms with Crippen LogP contribution in [0.1, 0.15) is 19.3 Å². The normalized spacial score (nSPS) is 12.8. The van der Waals surface area contributed by atoms with Gasteiger partial charge in [0.15, 0.2) is 0 Å². The van der Waals surface area contributed by atoms with E-state index in [0.29, 0.717) is 13.1 Å². The predicted octanol–water partition coefficient (Wildman–Crippen LogP) is 0.650. The van der Waals surface area contributed by atoms with Crippen molar-refractivity contribution >= 4 is 0 Å². The Morgan fingerprint density at radius 2 is 2.29 bits per heavy atom. The third kappa shape index (κ3) is 7.10. The summed E-state index contributed by atoms with van der Waals surface area (Å²) in [5.74, 6) is 0. The highest BCUT2D eigenvalue weighted by molar-refractivity contribution is 4.78. The van der Waals surface area contributed by atoms with Crippen LogP contribution < -0.4 is 5.32 Å². The fraction of sp³-hybridized carbons (Fsp3) is 0.750. The molecular weight excluding hydrogens is 218 g/mol. The molecule has 5 heteroatoms. The zero-order valence-electron chi connectivity index (χ0n) is 10.5. The quantitative estimate of drug-likeness (QED) is 0.591. The Morgan fingerprint density at radius 3 is 3.00 bits per heavy atom. The monoisotopic (exact) mass is 241 g/mol. The van der Waals surface area contributed by atoms with Gasteiger partial charge in [0, 0.05) is 32.7 Å². The molecule has 1 rings (SSSR count). The molecule has 2 N–H and O–H groups in total. The van der Waals surface area contributed by atoms with Crippen molar-refractivity contribution in [2.75, 3.05) is 26.8 Å². The van der Waals surface area contributed by atoms with Gasteiger partial charge in [-0.05, 0) is 31.9 Å². The van der Waals surface area contributed by atoms with E-state index in [9.17, 15) is 5.11 Å². The zero-order chi connectivity index (χ0) is 12.3. The van der Waals surface area contributed by atoms with Crippen LogP contribution in [0.15, 0.2) is 18.5 Å². The first kappa shape index (κ1) is 14.2. The molecule has 1 unspecified atom stereocenters. The van der Waals surface area contributed by atoms with Crippen LogP contribution in [0.25, 0.3) is 0 Å². The van der Waals surface area contributed by atoms with E-state index >= 15 is 0 Å². The van der Waals surface area contributed by atoms with Gasteiger partial charge < -0.3 is 15.2 Å². The van der Waals surface area contributed by atoms with Gasteiger partial charge >= 0.3 is 0 Å². The summed E-state index contributed by atoms with van der Waals surface area (Å²) >= 11 is 0. The van der Waals surface area contributed by atoms with E-state index in [1.807, 2.05) is 12.3 Å². The number of hydrogen-bond acceptors (Lipinski definition) is 4. The van der Waals surface area contributed by atoms with Gasteiger partial charge in [-0.15, -0.1) is 0 Å². The zero-order valence-corrected chi connectivity index (χ0v) is 10.5. The topological polar surface area (TPSA) is 59.3 Å². The SMILES string of the molecule is COCCCCCNCC(O)Cn1cccn1. The first-order valence-corrected chi connectivity index (χ1v) is 6.18. The van der Waals surface area contributed by atoms with E-state index in [0.717, 1.165) is 32.4 Å². The predicted molar refractivity (Wildman–Crippen MR) is 66.8 cm³/mol. The molecule has 0 fully saturated rings. The lowest BCUT2D eigenvalue weighted by atomic mass is 10.2. The van der Waals surface area contributed by atoms with Crippen LogP contribution in [-0.4, -0.2) is 47.8 Å². The molecule has 0 saturated heterocycles. The van der Waals surface area contributed by atoms with E-state index in [1.165, 1.54) is 0 Å². The number of nitrogens with zero attached hydrogens (tertiary/aromatic N) is 2. The maximum atomic E-state index is 9.72. The second-order valence-electron chi connectivity index (χ2n) is 4.14.